The van der Waals surface area contributed by atoms with Crippen LogP contribution in [0.15, 0.2) is 42.5 Å². The van der Waals surface area contributed by atoms with Gasteiger partial charge in [0.05, 0.1) is 22.6 Å². The van der Waals surface area contributed by atoms with Gasteiger partial charge in [-0.2, -0.15) is 13.2 Å². The van der Waals surface area contributed by atoms with Crippen molar-refractivity contribution in [3.05, 3.63) is 69.3 Å². The molecule has 2 aromatic rings. The molecule has 126 valence electrons. The van der Waals surface area contributed by atoms with Gasteiger partial charge >= 0.3 is 6.18 Å². The molecule has 2 unspecified atom stereocenters. The van der Waals surface area contributed by atoms with Gasteiger partial charge in [0, 0.05) is 24.2 Å². The smallest absolute Gasteiger partial charge is 0.390 e. The van der Waals surface area contributed by atoms with Gasteiger partial charge in [-0.05, 0) is 35.4 Å². The van der Waals surface area contributed by atoms with Crippen molar-refractivity contribution in [1.29, 1.82) is 0 Å². The summed E-state index contributed by atoms with van der Waals surface area (Å²) >= 11 is 0. The molecule has 0 radical (unpaired) electrons. The van der Waals surface area contributed by atoms with Gasteiger partial charge in [-0.15, -0.1) is 0 Å². The molecule has 0 saturated heterocycles. The Morgan fingerprint density at radius 1 is 1.21 bits per heavy atom. The molecule has 0 heterocycles. The Labute approximate surface area is 134 Å². The van der Waals surface area contributed by atoms with Crippen molar-refractivity contribution >= 4 is 11.4 Å². The number of halogens is 3. The van der Waals surface area contributed by atoms with Crippen LogP contribution in [0.4, 0.5) is 24.5 Å². The Kier molecular flexibility index (Phi) is 3.92. The fourth-order valence-corrected chi connectivity index (χ4v) is 2.88. The molecule has 0 saturated carbocycles. The quantitative estimate of drug-likeness (QED) is 0.661. The van der Waals surface area contributed by atoms with Crippen LogP contribution in [0, 0.1) is 10.1 Å². The zero-order valence-corrected chi connectivity index (χ0v) is 12.2. The second-order valence-electron chi connectivity index (χ2n) is 5.61. The maximum absolute atomic E-state index is 12.8. The number of anilines is 1. The van der Waals surface area contributed by atoms with Crippen LogP contribution < -0.4 is 5.32 Å². The van der Waals surface area contributed by atoms with E-state index in [9.17, 15) is 28.4 Å². The number of nitro benzene ring substituents is 1. The van der Waals surface area contributed by atoms with Crippen LogP contribution >= 0.6 is 0 Å². The Morgan fingerprint density at radius 2 is 1.96 bits per heavy atom. The SMILES string of the molecule is O=[N+]([O-])c1ccc2c(c1)CC(O)C2Nc1cccc(C(F)(F)F)c1. The van der Waals surface area contributed by atoms with Crippen LogP contribution in [0.25, 0.3) is 0 Å². The lowest BCUT2D eigenvalue weighted by molar-refractivity contribution is -0.384. The van der Waals surface area contributed by atoms with Crippen LogP contribution in [0.2, 0.25) is 0 Å². The summed E-state index contributed by atoms with van der Waals surface area (Å²) in [6, 6.07) is 8.29. The summed E-state index contributed by atoms with van der Waals surface area (Å²) in [5.74, 6) is 0. The normalized spacial score (nSPS) is 19.8. The van der Waals surface area contributed by atoms with Gasteiger partial charge in [-0.1, -0.05) is 6.07 Å². The zero-order chi connectivity index (χ0) is 17.5. The lowest BCUT2D eigenvalue weighted by atomic mass is 10.1. The molecule has 3 rings (SSSR count). The lowest BCUT2D eigenvalue weighted by Crippen LogP contribution is -2.21. The molecular weight excluding hydrogens is 325 g/mol. The van der Waals surface area contributed by atoms with E-state index >= 15 is 0 Å². The first kappa shape index (κ1) is 16.3. The summed E-state index contributed by atoms with van der Waals surface area (Å²) in [6.45, 7) is 0. The molecule has 0 aromatic heterocycles. The highest BCUT2D eigenvalue weighted by Crippen LogP contribution is 2.37. The Hall–Kier alpha value is -2.61. The molecule has 8 heteroatoms. The molecule has 1 aliphatic carbocycles. The summed E-state index contributed by atoms with van der Waals surface area (Å²) < 4.78 is 38.3. The minimum Gasteiger partial charge on any atom is -0.390 e. The summed E-state index contributed by atoms with van der Waals surface area (Å²) in [4.78, 5) is 10.3. The molecule has 2 atom stereocenters. The highest BCUT2D eigenvalue weighted by molar-refractivity contribution is 5.53. The predicted octanol–water partition coefficient (Wildman–Crippen LogP) is 3.68. The number of benzene rings is 2. The number of nitro groups is 1. The summed E-state index contributed by atoms with van der Waals surface area (Å²) in [5, 5.41) is 23.9. The molecule has 0 bridgehead atoms. The first-order valence-corrected chi connectivity index (χ1v) is 7.15. The standard InChI is InChI=1S/C16H13F3N2O3/c17-16(18,19)10-2-1-3-11(8-10)20-15-13-5-4-12(21(23)24)6-9(13)7-14(15)22/h1-6,8,14-15,20,22H,7H2. The largest absolute Gasteiger partial charge is 0.416 e. The Morgan fingerprint density at radius 3 is 2.62 bits per heavy atom. The maximum atomic E-state index is 12.8. The van der Waals surface area contributed by atoms with Gasteiger partial charge < -0.3 is 10.4 Å². The molecule has 0 fully saturated rings. The van der Waals surface area contributed by atoms with E-state index in [-0.39, 0.29) is 17.8 Å². The fourth-order valence-electron chi connectivity index (χ4n) is 2.88. The molecule has 1 aliphatic rings. The number of rotatable bonds is 3. The van der Waals surface area contributed by atoms with Crippen LogP contribution in [-0.2, 0) is 12.6 Å². The third-order valence-electron chi connectivity index (χ3n) is 4.00. The average Bonchev–Trinajstić information content (AvgIpc) is 2.82. The van der Waals surface area contributed by atoms with Crippen LogP contribution in [0.5, 0.6) is 0 Å². The van der Waals surface area contributed by atoms with Gasteiger partial charge in [-0.3, -0.25) is 10.1 Å². The third-order valence-corrected chi connectivity index (χ3v) is 4.00. The van der Waals surface area contributed by atoms with E-state index in [1.54, 1.807) is 0 Å². The van der Waals surface area contributed by atoms with Crippen molar-refractivity contribution in [3.8, 4) is 0 Å². The van der Waals surface area contributed by atoms with E-state index in [0.29, 0.717) is 11.1 Å². The highest BCUT2D eigenvalue weighted by Gasteiger charge is 2.34. The zero-order valence-electron chi connectivity index (χ0n) is 12.2. The molecular formula is C16H13F3N2O3. The van der Waals surface area contributed by atoms with Crippen LogP contribution in [0.3, 0.4) is 0 Å². The number of fused-ring (bicyclic) bond motifs is 1. The number of hydrogen-bond acceptors (Lipinski definition) is 4. The number of hydrogen-bond donors (Lipinski definition) is 2. The van der Waals surface area contributed by atoms with E-state index < -0.39 is 28.8 Å². The molecule has 24 heavy (non-hydrogen) atoms. The monoisotopic (exact) mass is 338 g/mol. The van der Waals surface area contributed by atoms with Gasteiger partial charge in [0.1, 0.15) is 0 Å². The first-order chi connectivity index (χ1) is 11.3. The number of alkyl halides is 3. The van der Waals surface area contributed by atoms with Crippen molar-refractivity contribution in [2.75, 3.05) is 5.32 Å². The fraction of sp³-hybridized carbons (Fsp3) is 0.250. The highest BCUT2D eigenvalue weighted by atomic mass is 19.4. The molecule has 5 nitrogen and oxygen atoms in total. The van der Waals surface area contributed by atoms with Gasteiger partial charge in [0.15, 0.2) is 0 Å². The topological polar surface area (TPSA) is 75.4 Å². The number of nitrogens with zero attached hydrogens (tertiary/aromatic N) is 1. The van der Waals surface area contributed by atoms with Gasteiger partial charge in [-0.25, -0.2) is 0 Å². The van der Waals surface area contributed by atoms with Gasteiger partial charge in [0.25, 0.3) is 5.69 Å². The number of aliphatic hydroxyl groups is 1. The second kappa shape index (κ2) is 5.79. The van der Waals surface area contributed by atoms with E-state index in [4.69, 9.17) is 0 Å². The molecule has 0 amide bonds. The van der Waals surface area contributed by atoms with E-state index in [1.807, 2.05) is 0 Å². The number of nitrogens with one attached hydrogen (secondary N) is 1. The van der Waals surface area contributed by atoms with Crippen molar-refractivity contribution in [1.82, 2.24) is 0 Å². The average molecular weight is 338 g/mol. The summed E-state index contributed by atoms with van der Waals surface area (Å²) in [7, 11) is 0. The predicted molar refractivity (Wildman–Crippen MR) is 80.6 cm³/mol. The summed E-state index contributed by atoms with van der Waals surface area (Å²) in [6.07, 6.45) is -5.13. The molecule has 0 spiro atoms. The minimum absolute atomic E-state index is 0.0827. The van der Waals surface area contributed by atoms with Crippen molar-refractivity contribution < 1.29 is 23.2 Å². The molecule has 2 aromatic carbocycles. The maximum Gasteiger partial charge on any atom is 0.416 e. The number of non-ortho nitro benzene ring substituents is 1. The van der Waals surface area contributed by atoms with Gasteiger partial charge in [0.2, 0.25) is 0 Å². The molecule has 0 aliphatic heterocycles. The van der Waals surface area contributed by atoms with Crippen molar-refractivity contribution in [3.63, 3.8) is 0 Å². The Balaban J connectivity index is 1.88. The lowest BCUT2D eigenvalue weighted by Gasteiger charge is -2.20. The Bertz CT molecular complexity index is 792. The van der Waals surface area contributed by atoms with Crippen LogP contribution in [0.1, 0.15) is 22.7 Å². The molecule has 2 N–H and O–H groups in total. The van der Waals surface area contributed by atoms with Crippen LogP contribution in [-0.4, -0.2) is 16.1 Å². The van der Waals surface area contributed by atoms with E-state index in [2.05, 4.69) is 5.32 Å². The number of aliphatic hydroxyl groups excluding tert-OH is 1. The van der Waals surface area contributed by atoms with Crippen molar-refractivity contribution in [2.45, 2.75) is 24.7 Å². The minimum atomic E-state index is -4.45. The summed E-state index contributed by atoms with van der Waals surface area (Å²) in [5.41, 5.74) is 0.608. The first-order valence-electron chi connectivity index (χ1n) is 7.15. The van der Waals surface area contributed by atoms with Crippen molar-refractivity contribution in [2.24, 2.45) is 0 Å². The second-order valence-corrected chi connectivity index (χ2v) is 5.61. The van der Waals surface area contributed by atoms with E-state index in [0.717, 1.165) is 12.1 Å². The third kappa shape index (κ3) is 3.05. The van der Waals surface area contributed by atoms with E-state index in [1.165, 1.54) is 30.3 Å².